The quantitative estimate of drug-likeness (QED) is 0.669. The van der Waals surface area contributed by atoms with Crippen LogP contribution in [0.2, 0.25) is 0 Å². The van der Waals surface area contributed by atoms with Crippen molar-refractivity contribution in [2.75, 3.05) is 33.5 Å². The zero-order chi connectivity index (χ0) is 14.8. The zero-order valence-corrected chi connectivity index (χ0v) is 13.1. The number of benzene rings is 1. The highest BCUT2D eigenvalue weighted by atomic mass is 16.5. The van der Waals surface area contributed by atoms with Gasteiger partial charge in [-0.3, -0.25) is 0 Å². The molecule has 0 bridgehead atoms. The lowest BCUT2D eigenvalue weighted by Crippen LogP contribution is -2.18. The normalized spacial score (nSPS) is 12.4. The molecular weight excluding hydrogens is 254 g/mol. The first-order chi connectivity index (χ1) is 9.72. The molecular formula is C16H27NO3. The van der Waals surface area contributed by atoms with Gasteiger partial charge in [0, 0.05) is 18.7 Å². The lowest BCUT2D eigenvalue weighted by atomic mass is 10.0. The fraction of sp³-hybridized carbons (Fsp3) is 0.625. The second kappa shape index (κ2) is 9.75. The Kier molecular flexibility index (Phi) is 8.26. The summed E-state index contributed by atoms with van der Waals surface area (Å²) in [5.41, 5.74) is 2.34. The molecule has 0 aliphatic heterocycles. The van der Waals surface area contributed by atoms with Crippen molar-refractivity contribution in [1.29, 1.82) is 0 Å². The molecule has 20 heavy (non-hydrogen) atoms. The van der Waals surface area contributed by atoms with E-state index in [1.165, 1.54) is 5.56 Å². The summed E-state index contributed by atoms with van der Waals surface area (Å²) < 4.78 is 16.3. The van der Waals surface area contributed by atoms with Crippen LogP contribution >= 0.6 is 0 Å². The Labute approximate surface area is 122 Å². The predicted molar refractivity (Wildman–Crippen MR) is 81.2 cm³/mol. The van der Waals surface area contributed by atoms with E-state index in [-0.39, 0.29) is 0 Å². The Hall–Kier alpha value is -1.10. The van der Waals surface area contributed by atoms with E-state index in [1.807, 2.05) is 13.0 Å². The molecule has 1 N–H and O–H groups in total. The highest BCUT2D eigenvalue weighted by Crippen LogP contribution is 2.24. The predicted octanol–water partition coefficient (Wildman–Crippen LogP) is 2.92. The molecule has 0 saturated heterocycles. The summed E-state index contributed by atoms with van der Waals surface area (Å²) in [5.74, 6) is 0.900. The molecule has 0 spiro atoms. The van der Waals surface area contributed by atoms with E-state index < -0.39 is 0 Å². The van der Waals surface area contributed by atoms with Gasteiger partial charge in [0.2, 0.25) is 0 Å². The third kappa shape index (κ3) is 5.49. The third-order valence-corrected chi connectivity index (χ3v) is 3.08. The number of methoxy groups -OCH3 is 1. The maximum absolute atomic E-state index is 5.66. The van der Waals surface area contributed by atoms with E-state index in [0.717, 1.165) is 17.9 Å². The average molecular weight is 281 g/mol. The summed E-state index contributed by atoms with van der Waals surface area (Å²) >= 11 is 0. The number of hydrogen-bond acceptors (Lipinski definition) is 4. The van der Waals surface area contributed by atoms with Gasteiger partial charge in [0.25, 0.3) is 0 Å². The summed E-state index contributed by atoms with van der Waals surface area (Å²) in [6.07, 6.45) is 0. The van der Waals surface area contributed by atoms with Crippen LogP contribution in [-0.2, 0) is 16.1 Å². The van der Waals surface area contributed by atoms with E-state index in [9.17, 15) is 0 Å². The van der Waals surface area contributed by atoms with Crippen molar-refractivity contribution >= 4 is 0 Å². The van der Waals surface area contributed by atoms with Crippen LogP contribution in [0.4, 0.5) is 0 Å². The van der Waals surface area contributed by atoms with Crippen LogP contribution in [0, 0.1) is 0 Å². The lowest BCUT2D eigenvalue weighted by molar-refractivity contribution is 0.0605. The van der Waals surface area contributed by atoms with Crippen molar-refractivity contribution in [3.8, 4) is 5.75 Å². The zero-order valence-electron chi connectivity index (χ0n) is 13.1. The van der Waals surface area contributed by atoms with Gasteiger partial charge in [-0.2, -0.15) is 0 Å². The van der Waals surface area contributed by atoms with Crippen LogP contribution in [0.3, 0.4) is 0 Å². The molecule has 0 radical (unpaired) electrons. The van der Waals surface area contributed by atoms with E-state index in [1.54, 1.807) is 7.11 Å². The van der Waals surface area contributed by atoms with Gasteiger partial charge in [-0.05, 0) is 38.1 Å². The van der Waals surface area contributed by atoms with E-state index in [4.69, 9.17) is 14.2 Å². The highest BCUT2D eigenvalue weighted by molar-refractivity contribution is 5.38. The molecule has 4 nitrogen and oxygen atoms in total. The Bertz CT molecular complexity index is 382. The Morgan fingerprint density at radius 1 is 1.20 bits per heavy atom. The Morgan fingerprint density at radius 3 is 2.65 bits per heavy atom. The maximum Gasteiger partial charge on any atom is 0.124 e. The monoisotopic (exact) mass is 281 g/mol. The van der Waals surface area contributed by atoms with Crippen LogP contribution < -0.4 is 10.1 Å². The molecule has 0 aromatic heterocycles. The first-order valence-electron chi connectivity index (χ1n) is 7.28. The van der Waals surface area contributed by atoms with E-state index in [0.29, 0.717) is 32.5 Å². The van der Waals surface area contributed by atoms with Crippen LogP contribution in [0.15, 0.2) is 18.2 Å². The average Bonchev–Trinajstić information content (AvgIpc) is 2.45. The third-order valence-electron chi connectivity index (χ3n) is 3.08. The molecule has 4 heteroatoms. The minimum atomic E-state index is 0.327. The number of nitrogens with one attached hydrogen (secondary N) is 1. The maximum atomic E-state index is 5.66. The fourth-order valence-electron chi connectivity index (χ4n) is 2.03. The first-order valence-corrected chi connectivity index (χ1v) is 7.28. The van der Waals surface area contributed by atoms with Crippen LogP contribution in [0.25, 0.3) is 0 Å². The van der Waals surface area contributed by atoms with Crippen molar-refractivity contribution in [2.24, 2.45) is 0 Å². The standard InChI is InChI=1S/C16H27NO3/c1-5-17-13(3)14-7-8-16(20-6-2)15(11-14)12-19-10-9-18-4/h7-8,11,13,17H,5-6,9-10,12H2,1-4H3. The molecule has 0 aliphatic carbocycles. The van der Waals surface area contributed by atoms with Crippen LogP contribution in [0.5, 0.6) is 5.75 Å². The van der Waals surface area contributed by atoms with Gasteiger partial charge < -0.3 is 19.5 Å². The van der Waals surface area contributed by atoms with E-state index in [2.05, 4.69) is 31.3 Å². The van der Waals surface area contributed by atoms with Crippen molar-refractivity contribution < 1.29 is 14.2 Å². The highest BCUT2D eigenvalue weighted by Gasteiger charge is 2.09. The molecule has 0 aliphatic rings. The van der Waals surface area contributed by atoms with E-state index >= 15 is 0 Å². The van der Waals surface area contributed by atoms with Gasteiger partial charge in [0.1, 0.15) is 5.75 Å². The molecule has 0 heterocycles. The van der Waals surface area contributed by atoms with Crippen molar-refractivity contribution in [3.63, 3.8) is 0 Å². The first kappa shape index (κ1) is 17.0. The molecule has 1 unspecified atom stereocenters. The SMILES string of the molecule is CCNC(C)c1ccc(OCC)c(COCCOC)c1. The Morgan fingerprint density at radius 2 is 2.00 bits per heavy atom. The molecule has 1 atom stereocenters. The summed E-state index contributed by atoms with van der Waals surface area (Å²) in [6.45, 7) is 9.62. The number of rotatable bonds is 10. The summed E-state index contributed by atoms with van der Waals surface area (Å²) in [6, 6.07) is 6.62. The summed E-state index contributed by atoms with van der Waals surface area (Å²) in [7, 11) is 1.67. The molecule has 1 aromatic rings. The van der Waals surface area contributed by atoms with Crippen molar-refractivity contribution in [1.82, 2.24) is 5.32 Å². The topological polar surface area (TPSA) is 39.7 Å². The van der Waals surface area contributed by atoms with Gasteiger partial charge >= 0.3 is 0 Å². The second-order valence-corrected chi connectivity index (χ2v) is 4.62. The molecule has 0 saturated carbocycles. The van der Waals surface area contributed by atoms with Gasteiger partial charge in [-0.15, -0.1) is 0 Å². The summed E-state index contributed by atoms with van der Waals surface area (Å²) in [4.78, 5) is 0. The lowest BCUT2D eigenvalue weighted by Gasteiger charge is -2.17. The number of hydrogen-bond donors (Lipinski definition) is 1. The van der Waals surface area contributed by atoms with Crippen LogP contribution in [-0.4, -0.2) is 33.5 Å². The van der Waals surface area contributed by atoms with Gasteiger partial charge in [0.05, 0.1) is 26.4 Å². The largest absolute Gasteiger partial charge is 0.494 e. The van der Waals surface area contributed by atoms with Gasteiger partial charge in [0.15, 0.2) is 0 Å². The minimum Gasteiger partial charge on any atom is -0.494 e. The van der Waals surface area contributed by atoms with Gasteiger partial charge in [-0.25, -0.2) is 0 Å². The van der Waals surface area contributed by atoms with Crippen LogP contribution in [0.1, 0.15) is 37.9 Å². The smallest absolute Gasteiger partial charge is 0.124 e. The fourth-order valence-corrected chi connectivity index (χ4v) is 2.03. The van der Waals surface area contributed by atoms with Crippen molar-refractivity contribution in [3.05, 3.63) is 29.3 Å². The molecule has 1 rings (SSSR count). The second-order valence-electron chi connectivity index (χ2n) is 4.62. The minimum absolute atomic E-state index is 0.327. The van der Waals surface area contributed by atoms with Gasteiger partial charge in [-0.1, -0.05) is 13.0 Å². The van der Waals surface area contributed by atoms with Crippen molar-refractivity contribution in [2.45, 2.75) is 33.4 Å². The summed E-state index contributed by atoms with van der Waals surface area (Å²) in [5, 5.41) is 3.42. The number of ether oxygens (including phenoxy) is 3. The molecule has 0 amide bonds. The molecule has 0 fully saturated rings. The Balaban J connectivity index is 2.76. The molecule has 114 valence electrons. The molecule has 1 aromatic carbocycles.